The number of fused-ring (bicyclic) bond motifs is 2. The summed E-state index contributed by atoms with van der Waals surface area (Å²) < 4.78 is 4.10. The highest BCUT2D eigenvalue weighted by Gasteiger charge is 2.22. The molecule has 0 saturated carbocycles. The van der Waals surface area contributed by atoms with Crippen molar-refractivity contribution >= 4 is 11.4 Å². The van der Waals surface area contributed by atoms with Gasteiger partial charge in [0.1, 0.15) is 5.82 Å². The highest BCUT2D eigenvalue weighted by Crippen LogP contribution is 2.20. The monoisotopic (exact) mass is 309 g/mol. The molecule has 0 spiro atoms. The van der Waals surface area contributed by atoms with Gasteiger partial charge in [0.2, 0.25) is 0 Å². The molecule has 3 aromatic rings. The minimum absolute atomic E-state index is 0.0580. The number of amides is 1. The van der Waals surface area contributed by atoms with Crippen LogP contribution in [0.2, 0.25) is 0 Å². The van der Waals surface area contributed by atoms with Crippen molar-refractivity contribution in [2.24, 2.45) is 5.92 Å². The number of carbonyl (C=O) groups is 1. The second-order valence-electron chi connectivity index (χ2n) is 6.22. The van der Waals surface area contributed by atoms with Crippen molar-refractivity contribution in [2.45, 2.75) is 19.4 Å². The van der Waals surface area contributed by atoms with Crippen LogP contribution in [-0.2, 0) is 13.0 Å². The lowest BCUT2D eigenvalue weighted by Gasteiger charge is -2.28. The van der Waals surface area contributed by atoms with Crippen LogP contribution < -0.4 is 0 Å². The Bertz CT molecular complexity index is 849. The first-order valence-electron chi connectivity index (χ1n) is 7.88. The number of imidazole rings is 2. The average Bonchev–Trinajstić information content (AvgIpc) is 3.21. The molecule has 1 unspecified atom stereocenters. The first-order valence-corrected chi connectivity index (χ1v) is 7.88. The number of hydrogen-bond donors (Lipinski definition) is 0. The normalized spacial score (nSPS) is 17.2. The zero-order valence-corrected chi connectivity index (χ0v) is 13.1. The zero-order valence-electron chi connectivity index (χ0n) is 13.1. The van der Waals surface area contributed by atoms with Gasteiger partial charge in [-0.1, -0.05) is 0 Å². The molecule has 0 bridgehead atoms. The molecule has 0 radical (unpaired) electrons. The minimum atomic E-state index is 0.0580. The Morgan fingerprint density at radius 1 is 1.43 bits per heavy atom. The summed E-state index contributed by atoms with van der Waals surface area (Å²) in [6.45, 7) is 1.75. The van der Waals surface area contributed by atoms with Crippen molar-refractivity contribution in [1.29, 1.82) is 0 Å². The van der Waals surface area contributed by atoms with Crippen molar-refractivity contribution in [3.05, 3.63) is 54.6 Å². The zero-order chi connectivity index (χ0) is 15.8. The molecule has 0 saturated heterocycles. The summed E-state index contributed by atoms with van der Waals surface area (Å²) in [6, 6.07) is 3.74. The third-order valence-electron chi connectivity index (χ3n) is 4.59. The van der Waals surface area contributed by atoms with E-state index in [-0.39, 0.29) is 5.91 Å². The van der Waals surface area contributed by atoms with Gasteiger partial charge >= 0.3 is 0 Å². The molecule has 4 rings (SSSR count). The lowest BCUT2D eigenvalue weighted by molar-refractivity contribution is 0.0764. The molecule has 3 aromatic heterocycles. The van der Waals surface area contributed by atoms with Crippen molar-refractivity contribution in [3.63, 3.8) is 0 Å². The Labute approximate surface area is 134 Å². The second-order valence-corrected chi connectivity index (χ2v) is 6.22. The molecule has 1 amide bonds. The molecule has 118 valence electrons. The van der Waals surface area contributed by atoms with Gasteiger partial charge in [0.25, 0.3) is 5.91 Å². The number of carbonyl (C=O) groups excluding carboxylic acids is 1. The number of aromatic nitrogens is 4. The van der Waals surface area contributed by atoms with Gasteiger partial charge < -0.3 is 13.9 Å². The number of rotatable bonds is 3. The smallest absolute Gasteiger partial charge is 0.253 e. The predicted molar refractivity (Wildman–Crippen MR) is 86.2 cm³/mol. The number of nitrogens with zero attached hydrogens (tertiary/aromatic N) is 5. The molecular weight excluding hydrogens is 290 g/mol. The van der Waals surface area contributed by atoms with Gasteiger partial charge in [-0.3, -0.25) is 4.79 Å². The van der Waals surface area contributed by atoms with E-state index in [9.17, 15) is 4.79 Å². The van der Waals surface area contributed by atoms with Crippen molar-refractivity contribution in [1.82, 2.24) is 23.8 Å². The van der Waals surface area contributed by atoms with Crippen molar-refractivity contribution < 1.29 is 4.79 Å². The Hall–Kier alpha value is -2.63. The number of pyridine rings is 1. The Balaban J connectivity index is 1.46. The van der Waals surface area contributed by atoms with Gasteiger partial charge in [-0.25, -0.2) is 9.97 Å². The summed E-state index contributed by atoms with van der Waals surface area (Å²) in [5, 5.41) is 0. The van der Waals surface area contributed by atoms with Crippen LogP contribution in [0.15, 0.2) is 43.2 Å². The third kappa shape index (κ3) is 2.60. The first kappa shape index (κ1) is 14.0. The molecule has 0 aliphatic carbocycles. The van der Waals surface area contributed by atoms with E-state index in [1.54, 1.807) is 12.5 Å². The van der Waals surface area contributed by atoms with Gasteiger partial charge in [-0.05, 0) is 24.5 Å². The van der Waals surface area contributed by atoms with Crippen LogP contribution in [0.4, 0.5) is 0 Å². The molecule has 23 heavy (non-hydrogen) atoms. The summed E-state index contributed by atoms with van der Waals surface area (Å²) in [5.41, 5.74) is 1.64. The second kappa shape index (κ2) is 5.53. The van der Waals surface area contributed by atoms with E-state index in [1.165, 1.54) is 0 Å². The summed E-state index contributed by atoms with van der Waals surface area (Å²) in [6.07, 6.45) is 11.3. The van der Waals surface area contributed by atoms with Crippen molar-refractivity contribution in [2.75, 3.05) is 13.6 Å². The summed E-state index contributed by atoms with van der Waals surface area (Å²) in [7, 11) is 1.88. The largest absolute Gasteiger partial charge is 0.341 e. The highest BCUT2D eigenvalue weighted by molar-refractivity contribution is 5.95. The fourth-order valence-corrected chi connectivity index (χ4v) is 3.31. The SMILES string of the molecule is CN(CC1CCn2ccnc2C1)C(=O)c1ccn2cncc2c1. The van der Waals surface area contributed by atoms with Gasteiger partial charge in [0, 0.05) is 50.7 Å². The maximum Gasteiger partial charge on any atom is 0.253 e. The molecule has 0 N–H and O–H groups in total. The maximum absolute atomic E-state index is 12.7. The standard InChI is InChI=1S/C17H19N5O/c1-20(11-13-2-5-21-7-4-19-16(21)8-13)17(23)14-3-6-22-12-18-10-15(22)9-14/h3-4,6-7,9-10,12-13H,2,5,8,11H2,1H3. The minimum Gasteiger partial charge on any atom is -0.341 e. The van der Waals surface area contributed by atoms with Gasteiger partial charge in [-0.2, -0.15) is 0 Å². The van der Waals surface area contributed by atoms with Gasteiger partial charge in [-0.15, -0.1) is 0 Å². The topological polar surface area (TPSA) is 55.4 Å². The van der Waals surface area contributed by atoms with Gasteiger partial charge in [0.05, 0.1) is 18.0 Å². The third-order valence-corrected chi connectivity index (χ3v) is 4.59. The molecule has 0 aromatic carbocycles. The van der Waals surface area contributed by atoms with Crippen LogP contribution >= 0.6 is 0 Å². The number of aryl methyl sites for hydroxylation is 1. The van der Waals surface area contributed by atoms with Crippen LogP contribution in [0.25, 0.3) is 5.52 Å². The maximum atomic E-state index is 12.7. The van der Waals surface area contributed by atoms with E-state index in [1.807, 2.05) is 47.1 Å². The molecule has 1 aliphatic heterocycles. The summed E-state index contributed by atoms with van der Waals surface area (Å²) in [4.78, 5) is 23.0. The van der Waals surface area contributed by atoms with Crippen molar-refractivity contribution in [3.8, 4) is 0 Å². The predicted octanol–water partition coefficient (Wildman–Crippen LogP) is 1.87. The van der Waals surface area contributed by atoms with E-state index < -0.39 is 0 Å². The molecule has 6 heteroatoms. The lowest BCUT2D eigenvalue weighted by atomic mass is 9.97. The molecule has 1 atom stereocenters. The van der Waals surface area contributed by atoms with Crippen LogP contribution in [0.5, 0.6) is 0 Å². The Kier molecular flexibility index (Phi) is 3.37. The molecule has 4 heterocycles. The van der Waals surface area contributed by atoms with Gasteiger partial charge in [0.15, 0.2) is 0 Å². The average molecular weight is 309 g/mol. The van der Waals surface area contributed by atoms with Crippen LogP contribution in [0, 0.1) is 5.92 Å². The fourth-order valence-electron chi connectivity index (χ4n) is 3.31. The molecule has 1 aliphatic rings. The van der Waals surface area contributed by atoms with E-state index in [2.05, 4.69) is 14.5 Å². The summed E-state index contributed by atoms with van der Waals surface area (Å²) in [5.74, 6) is 1.66. The van der Waals surface area contributed by atoms with Crippen LogP contribution in [-0.4, -0.2) is 43.3 Å². The summed E-state index contributed by atoms with van der Waals surface area (Å²) >= 11 is 0. The highest BCUT2D eigenvalue weighted by atomic mass is 16.2. The molecule has 0 fully saturated rings. The van der Waals surface area contributed by atoms with E-state index in [0.29, 0.717) is 11.5 Å². The van der Waals surface area contributed by atoms with Crippen LogP contribution in [0.3, 0.4) is 0 Å². The van der Waals surface area contributed by atoms with Crippen LogP contribution in [0.1, 0.15) is 22.6 Å². The quantitative estimate of drug-likeness (QED) is 0.742. The lowest BCUT2D eigenvalue weighted by Crippen LogP contribution is -2.35. The number of hydrogen-bond acceptors (Lipinski definition) is 3. The van der Waals surface area contributed by atoms with E-state index in [4.69, 9.17) is 0 Å². The Morgan fingerprint density at radius 2 is 2.35 bits per heavy atom. The van der Waals surface area contributed by atoms with E-state index in [0.717, 1.165) is 37.3 Å². The van der Waals surface area contributed by atoms with E-state index >= 15 is 0 Å². The fraction of sp³-hybridized carbons (Fsp3) is 0.353. The Morgan fingerprint density at radius 3 is 3.26 bits per heavy atom. The first-order chi connectivity index (χ1) is 11.2. The molecule has 6 nitrogen and oxygen atoms in total. The molecular formula is C17H19N5O.